The van der Waals surface area contributed by atoms with Crippen molar-refractivity contribution in [2.75, 3.05) is 41.1 Å². The second-order valence-corrected chi connectivity index (χ2v) is 6.52. The van der Waals surface area contributed by atoms with Gasteiger partial charge in [-0.25, -0.2) is 0 Å². The van der Waals surface area contributed by atoms with E-state index >= 15 is 0 Å². The number of aromatic nitrogens is 1. The van der Waals surface area contributed by atoms with Crippen LogP contribution < -0.4 is 19.5 Å². The Morgan fingerprint density at radius 2 is 1.79 bits per heavy atom. The number of amides is 1. The third-order valence-electron chi connectivity index (χ3n) is 3.83. The molecule has 0 atom stereocenters. The molecule has 7 nitrogen and oxygen atoms in total. The number of halogens is 2. The molecule has 1 heterocycles. The highest BCUT2D eigenvalue weighted by Crippen LogP contribution is 2.41. The van der Waals surface area contributed by atoms with Crippen LogP contribution in [0.3, 0.4) is 0 Å². The van der Waals surface area contributed by atoms with Gasteiger partial charge < -0.3 is 24.3 Å². The predicted molar refractivity (Wildman–Crippen MR) is 113 cm³/mol. The first-order valence-corrected chi connectivity index (χ1v) is 9.37. The Kier molecular flexibility index (Phi) is 9.05. The molecular formula is C20H22Cl2N2O5. The van der Waals surface area contributed by atoms with E-state index in [0.717, 1.165) is 0 Å². The topological polar surface area (TPSA) is 78.9 Å². The summed E-state index contributed by atoms with van der Waals surface area (Å²) >= 11 is 12.3. The van der Waals surface area contributed by atoms with Gasteiger partial charge in [-0.15, -0.1) is 0 Å². The number of hydrogen-bond donors (Lipinski definition) is 1. The molecule has 0 unspecified atom stereocenters. The molecule has 0 spiro atoms. The fourth-order valence-electron chi connectivity index (χ4n) is 2.43. The number of benzene rings is 1. The van der Waals surface area contributed by atoms with Gasteiger partial charge in [-0.05, 0) is 12.1 Å². The molecule has 156 valence electrons. The molecular weight excluding hydrogens is 419 g/mol. The fraction of sp³-hybridized carbons (Fsp3) is 0.300. The van der Waals surface area contributed by atoms with Gasteiger partial charge in [-0.3, -0.25) is 9.78 Å². The van der Waals surface area contributed by atoms with Gasteiger partial charge in [0.1, 0.15) is 0 Å². The van der Waals surface area contributed by atoms with Crippen molar-refractivity contribution in [2.24, 2.45) is 0 Å². The Morgan fingerprint density at radius 3 is 2.41 bits per heavy atom. The molecule has 1 aromatic heterocycles. The lowest BCUT2D eigenvalue weighted by Crippen LogP contribution is -2.31. The molecule has 0 radical (unpaired) electrons. The highest BCUT2D eigenvalue weighted by molar-refractivity contribution is 6.37. The molecule has 0 saturated heterocycles. The number of rotatable bonds is 10. The minimum atomic E-state index is -0.290. The zero-order valence-electron chi connectivity index (χ0n) is 16.3. The predicted octanol–water partition coefficient (Wildman–Crippen LogP) is 3.72. The maximum Gasteiger partial charge on any atom is 0.258 e. The summed E-state index contributed by atoms with van der Waals surface area (Å²) in [6.07, 6.45) is 6.50. The normalized spacial score (nSPS) is 10.8. The Balaban J connectivity index is 2.31. The second-order valence-electron chi connectivity index (χ2n) is 5.70. The molecule has 1 aromatic carbocycles. The van der Waals surface area contributed by atoms with E-state index in [4.69, 9.17) is 42.1 Å². The number of nitrogens with zero attached hydrogens (tertiary/aromatic N) is 1. The number of nitrogens with one attached hydrogen (secondary N) is 1. The van der Waals surface area contributed by atoms with Crippen LogP contribution in [0.2, 0.25) is 10.0 Å². The lowest BCUT2D eigenvalue weighted by molar-refractivity contribution is -0.123. The molecule has 0 bridgehead atoms. The van der Waals surface area contributed by atoms with E-state index in [9.17, 15) is 4.79 Å². The van der Waals surface area contributed by atoms with Crippen molar-refractivity contribution in [2.45, 2.75) is 0 Å². The number of pyridine rings is 1. The van der Waals surface area contributed by atoms with Crippen LogP contribution in [0.4, 0.5) is 0 Å². The van der Waals surface area contributed by atoms with Crippen LogP contribution in [-0.2, 0) is 9.53 Å². The number of carbonyl (C=O) groups is 1. The monoisotopic (exact) mass is 440 g/mol. The van der Waals surface area contributed by atoms with Gasteiger partial charge in [0, 0.05) is 37.2 Å². The van der Waals surface area contributed by atoms with Crippen LogP contribution in [0.25, 0.3) is 12.2 Å². The Hall–Kier alpha value is -2.48. The third-order valence-corrected chi connectivity index (χ3v) is 4.43. The quantitative estimate of drug-likeness (QED) is 0.567. The average molecular weight is 441 g/mol. The Bertz CT molecular complexity index is 854. The summed E-state index contributed by atoms with van der Waals surface area (Å²) in [5, 5.41) is 3.51. The van der Waals surface area contributed by atoms with Crippen LogP contribution in [0.1, 0.15) is 11.1 Å². The molecule has 0 aliphatic rings. The highest BCUT2D eigenvalue weighted by atomic mass is 35.5. The molecule has 0 aliphatic heterocycles. The van der Waals surface area contributed by atoms with Crippen molar-refractivity contribution in [1.29, 1.82) is 0 Å². The molecule has 1 N–H and O–H groups in total. The van der Waals surface area contributed by atoms with E-state index in [-0.39, 0.29) is 12.5 Å². The van der Waals surface area contributed by atoms with Crippen LogP contribution in [0.5, 0.6) is 17.2 Å². The van der Waals surface area contributed by atoms with Crippen molar-refractivity contribution in [3.63, 3.8) is 0 Å². The van der Waals surface area contributed by atoms with Crippen molar-refractivity contribution >= 4 is 41.3 Å². The van der Waals surface area contributed by atoms with E-state index < -0.39 is 0 Å². The van der Waals surface area contributed by atoms with E-state index in [0.29, 0.717) is 51.6 Å². The summed E-state index contributed by atoms with van der Waals surface area (Å²) in [5.41, 5.74) is 1.26. The van der Waals surface area contributed by atoms with E-state index in [1.165, 1.54) is 26.6 Å². The third kappa shape index (κ3) is 6.25. The minimum absolute atomic E-state index is 0.204. The summed E-state index contributed by atoms with van der Waals surface area (Å²) in [6, 6.07) is 3.51. The molecule has 0 fully saturated rings. The smallest absolute Gasteiger partial charge is 0.258 e. The average Bonchev–Trinajstić information content (AvgIpc) is 2.71. The first-order valence-electron chi connectivity index (χ1n) is 8.62. The van der Waals surface area contributed by atoms with Gasteiger partial charge in [0.2, 0.25) is 5.75 Å². The van der Waals surface area contributed by atoms with Gasteiger partial charge in [-0.1, -0.05) is 35.4 Å². The molecule has 0 saturated carbocycles. The van der Waals surface area contributed by atoms with E-state index in [1.807, 2.05) is 0 Å². The maximum absolute atomic E-state index is 12.0. The molecule has 29 heavy (non-hydrogen) atoms. The number of hydrogen-bond acceptors (Lipinski definition) is 6. The van der Waals surface area contributed by atoms with Crippen molar-refractivity contribution < 1.29 is 23.7 Å². The van der Waals surface area contributed by atoms with E-state index in [1.54, 1.807) is 31.4 Å². The first-order chi connectivity index (χ1) is 14.0. The van der Waals surface area contributed by atoms with Crippen LogP contribution in [0.15, 0.2) is 24.5 Å². The summed E-state index contributed by atoms with van der Waals surface area (Å²) in [6.45, 7) is 0.597. The summed E-state index contributed by atoms with van der Waals surface area (Å²) in [4.78, 5) is 15.9. The Morgan fingerprint density at radius 1 is 1.07 bits per heavy atom. The Labute approximate surface area is 179 Å². The van der Waals surface area contributed by atoms with Crippen molar-refractivity contribution in [3.8, 4) is 17.2 Å². The first kappa shape index (κ1) is 22.8. The standard InChI is InChI=1S/C20H22Cl2N2O5/c1-26-9-8-24-18(25)12-29-19-13(5-7-17(27-2)20(19)28-3)4-6-14-15(21)10-23-11-16(14)22/h4-7,10-11H,8-9,12H2,1-3H3,(H,24,25). The van der Waals surface area contributed by atoms with Crippen LogP contribution in [0, 0.1) is 0 Å². The number of methoxy groups -OCH3 is 3. The summed E-state index contributed by atoms with van der Waals surface area (Å²) in [5.74, 6) is 0.902. The van der Waals surface area contributed by atoms with Crippen LogP contribution >= 0.6 is 23.2 Å². The lowest BCUT2D eigenvalue weighted by atomic mass is 10.1. The van der Waals surface area contributed by atoms with Crippen molar-refractivity contribution in [1.82, 2.24) is 10.3 Å². The highest BCUT2D eigenvalue weighted by Gasteiger charge is 2.17. The summed E-state index contributed by atoms with van der Waals surface area (Å²) in [7, 11) is 4.57. The number of carbonyl (C=O) groups excluding carboxylic acids is 1. The van der Waals surface area contributed by atoms with Gasteiger partial charge >= 0.3 is 0 Å². The van der Waals surface area contributed by atoms with Gasteiger partial charge in [-0.2, -0.15) is 0 Å². The molecule has 0 aliphatic carbocycles. The summed E-state index contributed by atoms with van der Waals surface area (Å²) < 4.78 is 21.4. The van der Waals surface area contributed by atoms with Gasteiger partial charge in [0.15, 0.2) is 18.1 Å². The maximum atomic E-state index is 12.0. The fourth-order valence-corrected chi connectivity index (χ4v) is 2.92. The lowest BCUT2D eigenvalue weighted by Gasteiger charge is -2.16. The van der Waals surface area contributed by atoms with E-state index in [2.05, 4.69) is 10.3 Å². The van der Waals surface area contributed by atoms with Crippen molar-refractivity contribution in [3.05, 3.63) is 45.7 Å². The zero-order valence-corrected chi connectivity index (χ0v) is 17.8. The molecule has 2 aromatic rings. The number of ether oxygens (including phenoxy) is 4. The SMILES string of the molecule is COCCNC(=O)COc1c(C=Cc2c(Cl)cncc2Cl)ccc(OC)c1OC. The molecule has 2 rings (SSSR count). The zero-order chi connectivity index (χ0) is 21.2. The van der Waals surface area contributed by atoms with Gasteiger partial charge in [0.25, 0.3) is 5.91 Å². The minimum Gasteiger partial charge on any atom is -0.493 e. The molecule has 9 heteroatoms. The molecule has 1 amide bonds. The van der Waals surface area contributed by atoms with Crippen LogP contribution in [-0.4, -0.2) is 52.0 Å². The van der Waals surface area contributed by atoms with Gasteiger partial charge in [0.05, 0.1) is 30.9 Å². The second kappa shape index (κ2) is 11.5. The largest absolute Gasteiger partial charge is 0.493 e.